The fourth-order valence-corrected chi connectivity index (χ4v) is 2.76. The van der Waals surface area contributed by atoms with E-state index in [9.17, 15) is 9.59 Å². The molecular weight excluding hydrogens is 240 g/mol. The average Bonchev–Trinajstić information content (AvgIpc) is 2.28. The van der Waals surface area contributed by atoms with Crippen molar-refractivity contribution in [3.8, 4) is 0 Å². The number of nitrogens with zero attached hydrogens (tertiary/aromatic N) is 1. The smallest absolute Gasteiger partial charge is 0.327 e. The van der Waals surface area contributed by atoms with Gasteiger partial charge in [0, 0.05) is 37.1 Å². The van der Waals surface area contributed by atoms with E-state index in [-0.39, 0.29) is 5.91 Å². The maximum atomic E-state index is 11.9. The van der Waals surface area contributed by atoms with Gasteiger partial charge in [0.05, 0.1) is 0 Å². The van der Waals surface area contributed by atoms with Crippen molar-refractivity contribution >= 4 is 23.6 Å². The van der Waals surface area contributed by atoms with Crippen molar-refractivity contribution < 1.29 is 14.7 Å². The number of amides is 1. The van der Waals surface area contributed by atoms with Gasteiger partial charge in [0.15, 0.2) is 0 Å². The highest BCUT2D eigenvalue weighted by Gasteiger charge is 2.31. The number of thioether (sulfide) groups is 1. The van der Waals surface area contributed by atoms with Crippen LogP contribution in [0.2, 0.25) is 0 Å². The molecule has 17 heavy (non-hydrogen) atoms. The first kappa shape index (κ1) is 14.3. The minimum absolute atomic E-state index is 0.0640. The molecule has 2 N–H and O–H groups in total. The average molecular weight is 260 g/mol. The number of carbonyl (C=O) groups is 2. The lowest BCUT2D eigenvalue weighted by atomic mass is 10.2. The largest absolute Gasteiger partial charge is 0.480 e. The van der Waals surface area contributed by atoms with Crippen LogP contribution in [0.25, 0.3) is 0 Å². The van der Waals surface area contributed by atoms with Crippen LogP contribution in [0.1, 0.15) is 20.3 Å². The fraction of sp³-hybridized carbons (Fsp3) is 0.818. The van der Waals surface area contributed by atoms with E-state index in [2.05, 4.69) is 5.32 Å². The summed E-state index contributed by atoms with van der Waals surface area (Å²) in [6.45, 7) is 5.18. The van der Waals surface area contributed by atoms with E-state index >= 15 is 0 Å². The molecular formula is C11H20N2O3S. The zero-order valence-electron chi connectivity index (χ0n) is 10.3. The van der Waals surface area contributed by atoms with Gasteiger partial charge in [0.2, 0.25) is 5.91 Å². The number of hydrogen-bond acceptors (Lipinski definition) is 4. The molecule has 6 heteroatoms. The van der Waals surface area contributed by atoms with Gasteiger partial charge >= 0.3 is 5.97 Å². The minimum atomic E-state index is -0.901. The molecule has 5 nitrogen and oxygen atoms in total. The van der Waals surface area contributed by atoms with E-state index < -0.39 is 12.0 Å². The van der Waals surface area contributed by atoms with Crippen LogP contribution in [-0.2, 0) is 9.59 Å². The van der Waals surface area contributed by atoms with Crippen molar-refractivity contribution in [2.24, 2.45) is 0 Å². The molecule has 0 spiro atoms. The maximum Gasteiger partial charge on any atom is 0.327 e. The highest BCUT2D eigenvalue weighted by molar-refractivity contribution is 7.99. The summed E-state index contributed by atoms with van der Waals surface area (Å²) in [6, 6.07) is -0.310. The lowest BCUT2D eigenvalue weighted by molar-refractivity contribution is -0.149. The van der Waals surface area contributed by atoms with Crippen molar-refractivity contribution in [3.63, 3.8) is 0 Å². The summed E-state index contributed by atoms with van der Waals surface area (Å²) in [5, 5.41) is 12.2. The van der Waals surface area contributed by atoms with Crippen molar-refractivity contribution in [1.82, 2.24) is 10.2 Å². The third-order valence-corrected chi connectivity index (χ3v) is 3.65. The third-order valence-electron chi connectivity index (χ3n) is 2.63. The monoisotopic (exact) mass is 260 g/mol. The van der Waals surface area contributed by atoms with E-state index in [1.54, 1.807) is 11.8 Å². The molecule has 98 valence electrons. The van der Waals surface area contributed by atoms with Gasteiger partial charge in [0.25, 0.3) is 0 Å². The summed E-state index contributed by atoms with van der Waals surface area (Å²) in [5.41, 5.74) is 0. The highest BCUT2D eigenvalue weighted by Crippen LogP contribution is 2.17. The van der Waals surface area contributed by atoms with Crippen molar-refractivity contribution in [2.75, 3.05) is 24.6 Å². The molecule has 1 unspecified atom stereocenters. The Morgan fingerprint density at radius 2 is 2.24 bits per heavy atom. The van der Waals surface area contributed by atoms with Crippen molar-refractivity contribution in [3.05, 3.63) is 0 Å². The Morgan fingerprint density at radius 1 is 1.53 bits per heavy atom. The Labute approximate surface area is 106 Å². The van der Waals surface area contributed by atoms with Gasteiger partial charge in [0.1, 0.15) is 6.04 Å². The van der Waals surface area contributed by atoms with E-state index in [0.29, 0.717) is 31.3 Å². The lowest BCUT2D eigenvalue weighted by Crippen LogP contribution is -2.50. The van der Waals surface area contributed by atoms with Gasteiger partial charge in [-0.1, -0.05) is 13.8 Å². The first-order valence-electron chi connectivity index (χ1n) is 5.85. The van der Waals surface area contributed by atoms with E-state index in [0.717, 1.165) is 5.75 Å². The summed E-state index contributed by atoms with van der Waals surface area (Å²) < 4.78 is 0. The molecule has 0 aromatic carbocycles. The summed E-state index contributed by atoms with van der Waals surface area (Å²) in [5.74, 6) is 0.361. The molecule has 0 saturated carbocycles. The topological polar surface area (TPSA) is 69.6 Å². The molecule has 1 fully saturated rings. The zero-order valence-corrected chi connectivity index (χ0v) is 11.1. The maximum absolute atomic E-state index is 11.9. The summed E-state index contributed by atoms with van der Waals surface area (Å²) in [4.78, 5) is 24.4. The number of carboxylic acid groups (broad SMARTS) is 1. The second kappa shape index (κ2) is 6.86. The van der Waals surface area contributed by atoms with Crippen LogP contribution in [0, 0.1) is 0 Å². The SMILES string of the molecule is CC(C)NCCC(=O)N1CCSCC1C(=O)O. The first-order valence-corrected chi connectivity index (χ1v) is 7.01. The standard InChI is InChI=1S/C11H20N2O3S/c1-8(2)12-4-3-10(14)13-5-6-17-7-9(13)11(15)16/h8-9,12H,3-7H2,1-2H3,(H,15,16). The van der Waals surface area contributed by atoms with Crippen LogP contribution in [-0.4, -0.2) is 58.6 Å². The quantitative estimate of drug-likeness (QED) is 0.749. The zero-order chi connectivity index (χ0) is 12.8. The molecule has 0 bridgehead atoms. The number of carbonyl (C=O) groups excluding carboxylic acids is 1. The Hall–Kier alpha value is -0.750. The molecule has 1 amide bonds. The Bertz CT molecular complexity index is 284. The van der Waals surface area contributed by atoms with Gasteiger partial charge in [-0.25, -0.2) is 4.79 Å². The van der Waals surface area contributed by atoms with E-state index in [1.165, 1.54) is 4.90 Å². The second-order valence-corrected chi connectivity index (χ2v) is 5.52. The van der Waals surface area contributed by atoms with Crippen LogP contribution in [0.5, 0.6) is 0 Å². The highest BCUT2D eigenvalue weighted by atomic mass is 32.2. The molecule has 1 saturated heterocycles. The van der Waals surface area contributed by atoms with E-state index in [4.69, 9.17) is 5.11 Å². The molecule has 1 aliphatic rings. The van der Waals surface area contributed by atoms with Gasteiger partial charge in [-0.3, -0.25) is 4.79 Å². The normalized spacial score (nSPS) is 20.6. The number of aliphatic carboxylic acids is 1. The molecule has 0 aliphatic carbocycles. The van der Waals surface area contributed by atoms with Crippen molar-refractivity contribution in [1.29, 1.82) is 0 Å². The predicted octanol–water partition coefficient (Wildman–Crippen LogP) is 0.403. The van der Waals surface area contributed by atoms with Crippen LogP contribution < -0.4 is 5.32 Å². The molecule has 0 aromatic heterocycles. The molecule has 0 aromatic rings. The van der Waals surface area contributed by atoms with Crippen molar-refractivity contribution in [2.45, 2.75) is 32.4 Å². The number of carboxylic acids is 1. The van der Waals surface area contributed by atoms with E-state index in [1.807, 2.05) is 13.8 Å². The Morgan fingerprint density at radius 3 is 2.82 bits per heavy atom. The lowest BCUT2D eigenvalue weighted by Gasteiger charge is -2.32. The molecule has 1 heterocycles. The van der Waals surface area contributed by atoms with Crippen LogP contribution in [0.4, 0.5) is 0 Å². The van der Waals surface area contributed by atoms with Crippen LogP contribution in [0.15, 0.2) is 0 Å². The van der Waals surface area contributed by atoms with Crippen LogP contribution in [0.3, 0.4) is 0 Å². The number of rotatable bonds is 5. The molecule has 1 atom stereocenters. The fourth-order valence-electron chi connectivity index (χ4n) is 1.72. The molecule has 1 rings (SSSR count). The summed E-state index contributed by atoms with van der Waals surface area (Å²) >= 11 is 1.59. The summed E-state index contributed by atoms with van der Waals surface area (Å²) in [7, 11) is 0. The third kappa shape index (κ3) is 4.55. The van der Waals surface area contributed by atoms with Crippen LogP contribution >= 0.6 is 11.8 Å². The predicted molar refractivity (Wildman–Crippen MR) is 68.2 cm³/mol. The van der Waals surface area contributed by atoms with Gasteiger partial charge in [-0.15, -0.1) is 0 Å². The molecule has 1 aliphatic heterocycles. The number of hydrogen-bond donors (Lipinski definition) is 2. The number of nitrogens with one attached hydrogen (secondary N) is 1. The molecule has 0 radical (unpaired) electrons. The minimum Gasteiger partial charge on any atom is -0.480 e. The Balaban J connectivity index is 2.45. The summed E-state index contributed by atoms with van der Waals surface area (Å²) in [6.07, 6.45) is 0.368. The Kier molecular flexibility index (Phi) is 5.77. The van der Waals surface area contributed by atoms with Gasteiger partial charge < -0.3 is 15.3 Å². The first-order chi connectivity index (χ1) is 8.02. The van der Waals surface area contributed by atoms with Gasteiger partial charge in [-0.05, 0) is 0 Å². The second-order valence-electron chi connectivity index (χ2n) is 4.37. The van der Waals surface area contributed by atoms with Gasteiger partial charge in [-0.2, -0.15) is 11.8 Å².